The van der Waals surface area contributed by atoms with Gasteiger partial charge in [0, 0.05) is 28.5 Å². The number of thiocarbonyl (C=S) groups is 1. The Bertz CT molecular complexity index is 1280. The van der Waals surface area contributed by atoms with Crippen LogP contribution >= 0.6 is 23.8 Å². The van der Waals surface area contributed by atoms with Crippen molar-refractivity contribution in [1.29, 1.82) is 0 Å². The number of halogens is 1. The van der Waals surface area contributed by atoms with Gasteiger partial charge in [-0.3, -0.25) is 4.79 Å². The van der Waals surface area contributed by atoms with Crippen LogP contribution in [0.2, 0.25) is 5.02 Å². The molecule has 0 saturated carbocycles. The van der Waals surface area contributed by atoms with Gasteiger partial charge in [-0.05, 0) is 77.3 Å². The van der Waals surface area contributed by atoms with Crippen LogP contribution in [0.1, 0.15) is 29.8 Å². The summed E-state index contributed by atoms with van der Waals surface area (Å²) in [4.78, 5) is 26.9. The first-order chi connectivity index (χ1) is 16.8. The van der Waals surface area contributed by atoms with E-state index in [9.17, 15) is 9.59 Å². The quantitative estimate of drug-likeness (QED) is 0.316. The van der Waals surface area contributed by atoms with Crippen molar-refractivity contribution < 1.29 is 14.3 Å². The number of methoxy groups -OCH3 is 1. The molecule has 2 N–H and O–H groups in total. The third kappa shape index (κ3) is 5.47. The first kappa shape index (κ1) is 24.7. The lowest BCUT2D eigenvalue weighted by molar-refractivity contribution is -0.147. The third-order valence-corrected chi connectivity index (χ3v) is 6.34. The minimum Gasteiger partial charge on any atom is -0.467 e. The molecule has 0 fully saturated rings. The van der Waals surface area contributed by atoms with Crippen LogP contribution in [0, 0.1) is 5.92 Å². The molecule has 1 atom stereocenters. The SMILES string of the molecule is COC(=O)C(C(C)C)N1Cc2cc(-c3ccc(NC(=S)Nc4cccc(Cl)c4)cc3)ccc2C1=O. The summed E-state index contributed by atoms with van der Waals surface area (Å²) in [7, 11) is 1.35. The molecule has 1 amide bonds. The molecule has 4 rings (SSSR count). The third-order valence-electron chi connectivity index (χ3n) is 5.91. The molecule has 1 unspecified atom stereocenters. The van der Waals surface area contributed by atoms with Crippen molar-refractivity contribution >= 4 is 52.2 Å². The standard InChI is InChI=1S/C27H26ClN3O3S/c1-16(2)24(26(33)34-3)31-15-19-13-18(9-12-23(19)25(31)32)17-7-10-21(11-8-17)29-27(35)30-22-6-4-5-20(28)14-22/h4-14,16,24H,15H2,1-3H3,(H2,29,30,35). The van der Waals surface area contributed by atoms with Crippen LogP contribution in [0.25, 0.3) is 11.1 Å². The van der Waals surface area contributed by atoms with E-state index in [0.29, 0.717) is 22.2 Å². The largest absolute Gasteiger partial charge is 0.467 e. The molecule has 1 aliphatic heterocycles. The molecule has 0 bridgehead atoms. The number of carbonyl (C=O) groups excluding carboxylic acids is 2. The van der Waals surface area contributed by atoms with Crippen LogP contribution < -0.4 is 10.6 Å². The van der Waals surface area contributed by atoms with Gasteiger partial charge in [0.2, 0.25) is 0 Å². The number of fused-ring (bicyclic) bond motifs is 1. The van der Waals surface area contributed by atoms with Gasteiger partial charge in [-0.15, -0.1) is 0 Å². The van der Waals surface area contributed by atoms with Crippen LogP contribution in [-0.2, 0) is 16.1 Å². The maximum absolute atomic E-state index is 13.0. The molecule has 6 nitrogen and oxygen atoms in total. The zero-order valence-corrected chi connectivity index (χ0v) is 21.2. The predicted octanol–water partition coefficient (Wildman–Crippen LogP) is 5.97. The van der Waals surface area contributed by atoms with Crippen molar-refractivity contribution in [2.45, 2.75) is 26.4 Å². The van der Waals surface area contributed by atoms with Gasteiger partial charge < -0.3 is 20.3 Å². The second-order valence-electron chi connectivity index (χ2n) is 8.68. The van der Waals surface area contributed by atoms with E-state index in [1.165, 1.54) is 7.11 Å². The first-order valence-corrected chi connectivity index (χ1v) is 12.0. The Labute approximate surface area is 215 Å². The molecule has 0 spiro atoms. The maximum Gasteiger partial charge on any atom is 0.328 e. The highest BCUT2D eigenvalue weighted by Crippen LogP contribution is 2.32. The highest BCUT2D eigenvalue weighted by Gasteiger charge is 2.38. The number of rotatable bonds is 6. The number of anilines is 2. The Morgan fingerprint density at radius 3 is 2.34 bits per heavy atom. The van der Waals surface area contributed by atoms with Crippen LogP contribution in [0.15, 0.2) is 66.7 Å². The average molecular weight is 508 g/mol. The van der Waals surface area contributed by atoms with Crippen molar-refractivity contribution in [2.24, 2.45) is 5.92 Å². The fourth-order valence-electron chi connectivity index (χ4n) is 4.23. The topological polar surface area (TPSA) is 70.7 Å². The summed E-state index contributed by atoms with van der Waals surface area (Å²) in [6, 6.07) is 20.4. The van der Waals surface area contributed by atoms with E-state index >= 15 is 0 Å². The van der Waals surface area contributed by atoms with E-state index in [1.807, 2.05) is 68.4 Å². The highest BCUT2D eigenvalue weighted by atomic mass is 35.5. The number of nitrogens with one attached hydrogen (secondary N) is 2. The van der Waals surface area contributed by atoms with E-state index in [2.05, 4.69) is 10.6 Å². The molecule has 180 valence electrons. The second kappa shape index (κ2) is 10.5. The van der Waals surface area contributed by atoms with Gasteiger partial charge >= 0.3 is 5.97 Å². The van der Waals surface area contributed by atoms with Gasteiger partial charge in [-0.2, -0.15) is 0 Å². The summed E-state index contributed by atoms with van der Waals surface area (Å²) in [5.41, 5.74) is 5.17. The second-order valence-corrected chi connectivity index (χ2v) is 9.53. The Morgan fingerprint density at radius 2 is 1.69 bits per heavy atom. The first-order valence-electron chi connectivity index (χ1n) is 11.2. The number of benzene rings is 3. The number of amides is 1. The predicted molar refractivity (Wildman–Crippen MR) is 144 cm³/mol. The Balaban J connectivity index is 1.46. The lowest BCUT2D eigenvalue weighted by atomic mass is 10.0. The highest BCUT2D eigenvalue weighted by molar-refractivity contribution is 7.80. The number of ether oxygens (including phenoxy) is 1. The van der Waals surface area contributed by atoms with E-state index in [0.717, 1.165) is 28.1 Å². The number of carbonyl (C=O) groups is 2. The Hall–Kier alpha value is -3.42. The van der Waals surface area contributed by atoms with Gasteiger partial charge in [-0.25, -0.2) is 4.79 Å². The smallest absolute Gasteiger partial charge is 0.328 e. The van der Waals surface area contributed by atoms with Gasteiger partial charge in [-0.1, -0.05) is 49.7 Å². The van der Waals surface area contributed by atoms with Crippen molar-refractivity contribution in [1.82, 2.24) is 4.90 Å². The summed E-state index contributed by atoms with van der Waals surface area (Å²) in [5.74, 6) is -0.595. The Kier molecular flexibility index (Phi) is 7.38. The number of hydrogen-bond acceptors (Lipinski definition) is 4. The minimum absolute atomic E-state index is 0.0559. The molecule has 0 saturated heterocycles. The number of nitrogens with zero attached hydrogens (tertiary/aromatic N) is 1. The summed E-state index contributed by atoms with van der Waals surface area (Å²) in [5, 5.41) is 7.36. The van der Waals surface area contributed by atoms with Gasteiger partial charge in [0.05, 0.1) is 7.11 Å². The van der Waals surface area contributed by atoms with Crippen molar-refractivity contribution in [3.05, 3.63) is 82.9 Å². The van der Waals surface area contributed by atoms with E-state index in [4.69, 9.17) is 28.6 Å². The van der Waals surface area contributed by atoms with Gasteiger partial charge in [0.15, 0.2) is 5.11 Å². The van der Waals surface area contributed by atoms with Gasteiger partial charge in [0.25, 0.3) is 5.91 Å². The summed E-state index contributed by atoms with van der Waals surface area (Å²) in [6.07, 6.45) is 0. The molecule has 35 heavy (non-hydrogen) atoms. The van der Waals surface area contributed by atoms with Crippen LogP contribution in [0.5, 0.6) is 0 Å². The van der Waals surface area contributed by atoms with E-state index in [1.54, 1.807) is 17.0 Å². The maximum atomic E-state index is 13.0. The van der Waals surface area contributed by atoms with Crippen LogP contribution in [0.4, 0.5) is 11.4 Å². The Morgan fingerprint density at radius 1 is 1.00 bits per heavy atom. The van der Waals surface area contributed by atoms with E-state index < -0.39 is 12.0 Å². The van der Waals surface area contributed by atoms with Gasteiger partial charge in [0.1, 0.15) is 6.04 Å². The molecule has 0 aliphatic carbocycles. The minimum atomic E-state index is -0.613. The monoisotopic (exact) mass is 507 g/mol. The number of esters is 1. The number of hydrogen-bond donors (Lipinski definition) is 2. The van der Waals surface area contributed by atoms with Crippen molar-refractivity contribution in [2.75, 3.05) is 17.7 Å². The molecule has 0 radical (unpaired) electrons. The average Bonchev–Trinajstić information content (AvgIpc) is 3.14. The lowest BCUT2D eigenvalue weighted by Crippen LogP contribution is -2.45. The summed E-state index contributed by atoms with van der Waals surface area (Å²) in [6.45, 7) is 4.20. The van der Waals surface area contributed by atoms with Crippen molar-refractivity contribution in [3.8, 4) is 11.1 Å². The molecule has 3 aromatic carbocycles. The normalized spacial score (nSPS) is 13.4. The molecule has 1 aliphatic rings. The van der Waals surface area contributed by atoms with Crippen LogP contribution in [-0.4, -0.2) is 35.0 Å². The molecule has 3 aromatic rings. The fraction of sp³-hybridized carbons (Fsp3) is 0.222. The molecular formula is C27H26ClN3O3S. The van der Waals surface area contributed by atoms with Crippen LogP contribution in [0.3, 0.4) is 0 Å². The fourth-order valence-corrected chi connectivity index (χ4v) is 4.66. The molecule has 8 heteroatoms. The zero-order valence-electron chi connectivity index (χ0n) is 19.7. The molecular weight excluding hydrogens is 482 g/mol. The van der Waals surface area contributed by atoms with E-state index in [-0.39, 0.29) is 11.8 Å². The summed E-state index contributed by atoms with van der Waals surface area (Å²) < 4.78 is 4.95. The molecule has 0 aromatic heterocycles. The zero-order chi connectivity index (χ0) is 25.1. The summed E-state index contributed by atoms with van der Waals surface area (Å²) >= 11 is 11.4. The van der Waals surface area contributed by atoms with Crippen molar-refractivity contribution in [3.63, 3.8) is 0 Å². The lowest BCUT2D eigenvalue weighted by Gasteiger charge is -2.28. The molecule has 1 heterocycles.